The molecule has 15 heavy (non-hydrogen) atoms. The molecule has 0 fully saturated rings. The smallest absolute Gasteiger partial charge is 0.238 e. The van der Waals surface area contributed by atoms with Crippen LogP contribution >= 0.6 is 0 Å². The Morgan fingerprint density at radius 1 is 1.40 bits per heavy atom. The van der Waals surface area contributed by atoms with Gasteiger partial charge < -0.3 is 5.11 Å². The topological polar surface area (TPSA) is 80.4 Å². The molecular formula is C8H10FNNaO3S. The summed E-state index contributed by atoms with van der Waals surface area (Å²) in [5.74, 6) is 0. The molecule has 0 aliphatic heterocycles. The summed E-state index contributed by atoms with van der Waals surface area (Å²) >= 11 is 0. The van der Waals surface area contributed by atoms with Crippen molar-refractivity contribution in [3.8, 4) is 0 Å². The first kappa shape index (κ1) is 15.0. The van der Waals surface area contributed by atoms with Crippen LogP contribution in [0.5, 0.6) is 0 Å². The largest absolute Gasteiger partial charge is 0.386 e. The number of nitrogens with two attached hydrogens (primary N) is 1. The van der Waals surface area contributed by atoms with Crippen LogP contribution in [0.25, 0.3) is 0 Å². The first-order chi connectivity index (χ1) is 6.46. The SMILES string of the molecule is NS(=O)(=O)c1ccccc1C(O)CF.[Na]. The van der Waals surface area contributed by atoms with Crippen LogP contribution in [0.1, 0.15) is 11.7 Å². The van der Waals surface area contributed by atoms with Gasteiger partial charge in [0.2, 0.25) is 10.0 Å². The predicted octanol–water partition coefficient (Wildman–Crippen LogP) is -0.0439. The molecule has 1 atom stereocenters. The summed E-state index contributed by atoms with van der Waals surface area (Å²) in [6, 6.07) is 5.50. The number of rotatable bonds is 3. The van der Waals surface area contributed by atoms with Crippen LogP contribution in [-0.4, -0.2) is 49.8 Å². The molecule has 0 bridgehead atoms. The molecule has 0 saturated heterocycles. The molecule has 0 spiro atoms. The van der Waals surface area contributed by atoms with Crippen molar-refractivity contribution in [1.29, 1.82) is 0 Å². The van der Waals surface area contributed by atoms with Crippen molar-refractivity contribution in [3.05, 3.63) is 29.8 Å². The Morgan fingerprint density at radius 2 is 1.93 bits per heavy atom. The molecule has 1 aromatic carbocycles. The standard InChI is InChI=1S/C8H10FNO3S.Na/c9-5-7(11)6-3-1-2-4-8(6)14(10,12)13;/h1-4,7,11H,5H2,(H2,10,12,13);. The van der Waals surface area contributed by atoms with Gasteiger partial charge in [0.1, 0.15) is 12.8 Å². The molecule has 1 aromatic rings. The zero-order valence-corrected chi connectivity index (χ0v) is 11.0. The minimum absolute atomic E-state index is 0. The van der Waals surface area contributed by atoms with Crippen LogP contribution in [0, 0.1) is 0 Å². The van der Waals surface area contributed by atoms with E-state index in [0.717, 1.165) is 0 Å². The quantitative estimate of drug-likeness (QED) is 0.729. The van der Waals surface area contributed by atoms with Gasteiger partial charge in [-0.1, -0.05) is 18.2 Å². The van der Waals surface area contributed by atoms with Gasteiger partial charge >= 0.3 is 0 Å². The van der Waals surface area contributed by atoms with E-state index in [1.807, 2.05) is 0 Å². The minimum Gasteiger partial charge on any atom is -0.386 e. The zero-order chi connectivity index (χ0) is 10.8. The number of hydrogen-bond acceptors (Lipinski definition) is 3. The molecular weight excluding hydrogens is 232 g/mol. The number of primary sulfonamides is 1. The fourth-order valence-electron chi connectivity index (χ4n) is 1.10. The van der Waals surface area contributed by atoms with Gasteiger partial charge in [-0.25, -0.2) is 17.9 Å². The summed E-state index contributed by atoms with van der Waals surface area (Å²) in [6.45, 7) is -1.05. The molecule has 79 valence electrons. The number of hydrogen-bond donors (Lipinski definition) is 2. The van der Waals surface area contributed by atoms with Crippen molar-refractivity contribution in [1.82, 2.24) is 0 Å². The summed E-state index contributed by atoms with van der Waals surface area (Å²) in [6.07, 6.45) is -1.45. The minimum atomic E-state index is -3.92. The Bertz CT molecular complexity index is 424. The van der Waals surface area contributed by atoms with Crippen LogP contribution in [0.4, 0.5) is 4.39 Å². The van der Waals surface area contributed by atoms with Crippen molar-refractivity contribution in [2.24, 2.45) is 5.14 Å². The third-order valence-electron chi connectivity index (χ3n) is 1.73. The molecule has 4 nitrogen and oxygen atoms in total. The molecule has 3 N–H and O–H groups in total. The van der Waals surface area contributed by atoms with Crippen molar-refractivity contribution in [2.45, 2.75) is 11.0 Å². The van der Waals surface area contributed by atoms with Gasteiger partial charge in [0.15, 0.2) is 0 Å². The van der Waals surface area contributed by atoms with E-state index in [0.29, 0.717) is 0 Å². The molecule has 0 saturated carbocycles. The van der Waals surface area contributed by atoms with E-state index in [9.17, 15) is 17.9 Å². The summed E-state index contributed by atoms with van der Waals surface area (Å²) in [7, 11) is -3.92. The fourth-order valence-corrected chi connectivity index (χ4v) is 1.90. The van der Waals surface area contributed by atoms with Gasteiger partial charge in [0.05, 0.1) is 4.90 Å². The molecule has 1 unspecified atom stereocenters. The average Bonchev–Trinajstić information content (AvgIpc) is 2.15. The summed E-state index contributed by atoms with van der Waals surface area (Å²) in [5, 5.41) is 14.1. The molecule has 1 rings (SSSR count). The monoisotopic (exact) mass is 242 g/mol. The van der Waals surface area contributed by atoms with Gasteiger partial charge in [-0.3, -0.25) is 0 Å². The average molecular weight is 242 g/mol. The molecule has 0 aromatic heterocycles. The van der Waals surface area contributed by atoms with E-state index in [4.69, 9.17) is 5.14 Å². The third kappa shape index (κ3) is 3.82. The number of benzene rings is 1. The van der Waals surface area contributed by atoms with Crippen molar-refractivity contribution in [2.75, 3.05) is 6.67 Å². The molecule has 7 heteroatoms. The number of sulfonamides is 1. The van der Waals surface area contributed by atoms with E-state index in [2.05, 4.69) is 0 Å². The maximum Gasteiger partial charge on any atom is 0.238 e. The molecule has 0 aliphatic rings. The Labute approximate surface area is 110 Å². The summed E-state index contributed by atoms with van der Waals surface area (Å²) < 4.78 is 34.2. The maximum atomic E-state index is 12.2. The van der Waals surface area contributed by atoms with E-state index in [1.165, 1.54) is 24.3 Å². The van der Waals surface area contributed by atoms with Gasteiger partial charge in [0, 0.05) is 35.1 Å². The maximum absolute atomic E-state index is 12.2. The Balaban J connectivity index is 0.00000196. The molecule has 0 amide bonds. The van der Waals surface area contributed by atoms with Gasteiger partial charge in [-0.2, -0.15) is 0 Å². The number of halogens is 1. The van der Waals surface area contributed by atoms with Crippen LogP contribution in [0.15, 0.2) is 29.2 Å². The van der Waals surface area contributed by atoms with Gasteiger partial charge in [-0.15, -0.1) is 0 Å². The molecule has 1 radical (unpaired) electrons. The van der Waals surface area contributed by atoms with Gasteiger partial charge in [-0.05, 0) is 6.07 Å². The molecule has 0 aliphatic carbocycles. The second-order valence-corrected chi connectivity index (χ2v) is 4.28. The number of alkyl halides is 1. The zero-order valence-electron chi connectivity index (χ0n) is 8.22. The first-order valence-electron chi connectivity index (χ1n) is 3.82. The number of aliphatic hydroxyl groups excluding tert-OH is 1. The second-order valence-electron chi connectivity index (χ2n) is 2.75. The summed E-state index contributed by atoms with van der Waals surface area (Å²) in [5.41, 5.74) is -0.0162. The Hall–Kier alpha value is 0.0200. The van der Waals surface area contributed by atoms with E-state index >= 15 is 0 Å². The van der Waals surface area contributed by atoms with Crippen molar-refractivity contribution >= 4 is 39.6 Å². The molecule has 0 heterocycles. The normalized spacial score (nSPS) is 13.0. The van der Waals surface area contributed by atoms with Gasteiger partial charge in [0.25, 0.3) is 0 Å². The summed E-state index contributed by atoms with van der Waals surface area (Å²) in [4.78, 5) is -0.245. The number of aliphatic hydroxyl groups is 1. The van der Waals surface area contributed by atoms with Crippen molar-refractivity contribution < 1.29 is 17.9 Å². The second kappa shape index (κ2) is 5.93. The van der Waals surface area contributed by atoms with Crippen LogP contribution < -0.4 is 5.14 Å². The Morgan fingerprint density at radius 3 is 2.40 bits per heavy atom. The van der Waals surface area contributed by atoms with Crippen LogP contribution in [-0.2, 0) is 10.0 Å². The van der Waals surface area contributed by atoms with Crippen molar-refractivity contribution in [3.63, 3.8) is 0 Å². The van der Waals surface area contributed by atoms with E-state index in [1.54, 1.807) is 0 Å². The Kier molecular flexibility index (Phi) is 5.94. The fraction of sp³-hybridized carbons (Fsp3) is 0.250. The van der Waals surface area contributed by atoms with Crippen LogP contribution in [0.2, 0.25) is 0 Å². The predicted molar refractivity (Wildman–Crippen MR) is 54.5 cm³/mol. The third-order valence-corrected chi connectivity index (χ3v) is 2.72. The van der Waals surface area contributed by atoms with E-state index in [-0.39, 0.29) is 40.0 Å². The van der Waals surface area contributed by atoms with E-state index < -0.39 is 22.8 Å². The van der Waals surface area contributed by atoms with Crippen LogP contribution in [0.3, 0.4) is 0 Å². The first-order valence-corrected chi connectivity index (χ1v) is 5.37.